The predicted octanol–water partition coefficient (Wildman–Crippen LogP) is 1.42. The van der Waals surface area contributed by atoms with Crippen LogP contribution in [0.1, 0.15) is 5.76 Å². The summed E-state index contributed by atoms with van der Waals surface area (Å²) in [6, 6.07) is 3.62. The molecule has 0 aromatic carbocycles. The summed E-state index contributed by atoms with van der Waals surface area (Å²) >= 11 is 0. The van der Waals surface area contributed by atoms with Gasteiger partial charge < -0.3 is 9.32 Å². The molecule has 64 valence electrons. The summed E-state index contributed by atoms with van der Waals surface area (Å²) in [7, 11) is 1.70. The predicted molar refractivity (Wildman–Crippen MR) is 45.4 cm³/mol. The van der Waals surface area contributed by atoms with Gasteiger partial charge in [-0.3, -0.25) is 4.79 Å². The van der Waals surface area contributed by atoms with Gasteiger partial charge in [0, 0.05) is 7.05 Å². The number of nitrogens with zero attached hydrogens (tertiary/aromatic N) is 1. The molecule has 0 bridgehead atoms. The quantitative estimate of drug-likeness (QED) is 0.635. The monoisotopic (exact) mass is 165 g/mol. The molecule has 12 heavy (non-hydrogen) atoms. The van der Waals surface area contributed by atoms with E-state index in [1.54, 1.807) is 19.4 Å². The fraction of sp³-hybridized carbons (Fsp3) is 0.222. The number of hydrogen-bond acceptors (Lipinski definition) is 2. The van der Waals surface area contributed by atoms with Crippen molar-refractivity contribution in [3.05, 3.63) is 36.8 Å². The van der Waals surface area contributed by atoms with Gasteiger partial charge >= 0.3 is 0 Å². The fourth-order valence-corrected chi connectivity index (χ4v) is 0.870. The Morgan fingerprint density at radius 3 is 3.08 bits per heavy atom. The van der Waals surface area contributed by atoms with Gasteiger partial charge in [-0.05, 0) is 18.2 Å². The molecule has 0 unspecified atom stereocenters. The van der Waals surface area contributed by atoms with E-state index in [4.69, 9.17) is 4.42 Å². The Morgan fingerprint density at radius 2 is 2.58 bits per heavy atom. The van der Waals surface area contributed by atoms with E-state index in [-0.39, 0.29) is 5.91 Å². The average Bonchev–Trinajstić information content (AvgIpc) is 2.55. The van der Waals surface area contributed by atoms with E-state index in [0.29, 0.717) is 6.54 Å². The lowest BCUT2D eigenvalue weighted by atomic mass is 10.4. The Kier molecular flexibility index (Phi) is 2.69. The second-order valence-corrected chi connectivity index (χ2v) is 2.48. The molecule has 0 saturated carbocycles. The first kappa shape index (κ1) is 8.59. The number of hydrogen-bond donors (Lipinski definition) is 0. The van der Waals surface area contributed by atoms with Gasteiger partial charge in [0.25, 0.3) is 0 Å². The molecule has 1 amide bonds. The van der Waals surface area contributed by atoms with Crippen molar-refractivity contribution in [1.82, 2.24) is 4.90 Å². The molecule has 1 heterocycles. The first-order chi connectivity index (χ1) is 5.74. The van der Waals surface area contributed by atoms with Crippen LogP contribution in [-0.4, -0.2) is 17.9 Å². The summed E-state index contributed by atoms with van der Waals surface area (Å²) in [6.07, 6.45) is 2.87. The van der Waals surface area contributed by atoms with Gasteiger partial charge in [0.15, 0.2) is 0 Å². The van der Waals surface area contributed by atoms with Crippen LogP contribution in [0, 0.1) is 0 Å². The number of carbonyl (C=O) groups is 1. The minimum Gasteiger partial charge on any atom is -0.467 e. The van der Waals surface area contributed by atoms with Gasteiger partial charge in [-0.2, -0.15) is 0 Å². The van der Waals surface area contributed by atoms with Crippen LogP contribution in [0.25, 0.3) is 0 Å². The Hall–Kier alpha value is -1.51. The van der Waals surface area contributed by atoms with Crippen LogP contribution in [0.2, 0.25) is 0 Å². The van der Waals surface area contributed by atoms with Gasteiger partial charge in [0.2, 0.25) is 5.91 Å². The molecule has 0 aliphatic heterocycles. The van der Waals surface area contributed by atoms with Crippen molar-refractivity contribution >= 4 is 5.91 Å². The fourth-order valence-electron chi connectivity index (χ4n) is 0.870. The SMILES string of the molecule is C=CC(=O)N(C)Cc1ccco1. The molecule has 0 spiro atoms. The van der Waals surface area contributed by atoms with E-state index >= 15 is 0 Å². The van der Waals surface area contributed by atoms with Gasteiger partial charge in [-0.15, -0.1) is 0 Å². The Morgan fingerprint density at radius 1 is 1.83 bits per heavy atom. The van der Waals surface area contributed by atoms with Gasteiger partial charge in [-0.25, -0.2) is 0 Å². The molecular weight excluding hydrogens is 154 g/mol. The highest BCUT2D eigenvalue weighted by Crippen LogP contribution is 2.03. The topological polar surface area (TPSA) is 33.5 Å². The van der Waals surface area contributed by atoms with Crippen LogP contribution in [0.4, 0.5) is 0 Å². The lowest BCUT2D eigenvalue weighted by Crippen LogP contribution is -2.23. The number of likely N-dealkylation sites (N-methyl/N-ethyl adjacent to an activating group) is 1. The van der Waals surface area contributed by atoms with Crippen molar-refractivity contribution in [3.8, 4) is 0 Å². The number of furan rings is 1. The van der Waals surface area contributed by atoms with Crippen LogP contribution in [0.15, 0.2) is 35.5 Å². The summed E-state index contributed by atoms with van der Waals surface area (Å²) in [5, 5.41) is 0. The molecule has 1 aromatic rings. The van der Waals surface area contributed by atoms with E-state index in [9.17, 15) is 4.79 Å². The van der Waals surface area contributed by atoms with Crippen LogP contribution < -0.4 is 0 Å². The highest BCUT2D eigenvalue weighted by Gasteiger charge is 2.05. The third-order valence-electron chi connectivity index (χ3n) is 1.52. The molecular formula is C9H11NO2. The molecule has 3 nitrogen and oxygen atoms in total. The number of rotatable bonds is 3. The summed E-state index contributed by atoms with van der Waals surface area (Å²) in [5.74, 6) is 0.666. The van der Waals surface area contributed by atoms with Crippen molar-refractivity contribution in [2.75, 3.05) is 7.05 Å². The standard InChI is InChI=1S/C9H11NO2/c1-3-9(11)10(2)7-8-5-4-6-12-8/h3-6H,1,7H2,2H3. The highest BCUT2D eigenvalue weighted by atomic mass is 16.3. The largest absolute Gasteiger partial charge is 0.467 e. The summed E-state index contributed by atoms with van der Waals surface area (Å²) in [5.41, 5.74) is 0. The lowest BCUT2D eigenvalue weighted by molar-refractivity contribution is -0.125. The van der Waals surface area contributed by atoms with Crippen molar-refractivity contribution in [1.29, 1.82) is 0 Å². The Balaban J connectivity index is 2.52. The van der Waals surface area contributed by atoms with E-state index < -0.39 is 0 Å². The molecule has 0 aliphatic rings. The maximum absolute atomic E-state index is 11.0. The molecule has 1 aromatic heterocycles. The molecule has 0 aliphatic carbocycles. The van der Waals surface area contributed by atoms with Crippen LogP contribution in [0.5, 0.6) is 0 Å². The van der Waals surface area contributed by atoms with E-state index in [0.717, 1.165) is 5.76 Å². The van der Waals surface area contributed by atoms with Crippen molar-refractivity contribution in [2.45, 2.75) is 6.54 Å². The zero-order chi connectivity index (χ0) is 8.97. The first-order valence-electron chi connectivity index (χ1n) is 3.64. The average molecular weight is 165 g/mol. The second kappa shape index (κ2) is 3.76. The zero-order valence-corrected chi connectivity index (χ0v) is 6.99. The molecule has 0 radical (unpaired) electrons. The molecule has 0 fully saturated rings. The van der Waals surface area contributed by atoms with Crippen LogP contribution >= 0.6 is 0 Å². The molecule has 0 atom stereocenters. The third kappa shape index (κ3) is 1.99. The number of carbonyl (C=O) groups excluding carboxylic acids is 1. The van der Waals surface area contributed by atoms with Crippen LogP contribution in [0.3, 0.4) is 0 Å². The summed E-state index contributed by atoms with van der Waals surface area (Å²) in [4.78, 5) is 12.5. The highest BCUT2D eigenvalue weighted by molar-refractivity contribution is 5.86. The molecule has 3 heteroatoms. The smallest absolute Gasteiger partial charge is 0.246 e. The summed E-state index contributed by atoms with van der Waals surface area (Å²) < 4.78 is 5.07. The van der Waals surface area contributed by atoms with Gasteiger partial charge in [0.05, 0.1) is 12.8 Å². The Bertz CT molecular complexity index is 264. The van der Waals surface area contributed by atoms with Crippen LogP contribution in [-0.2, 0) is 11.3 Å². The molecule has 1 rings (SSSR count). The maximum Gasteiger partial charge on any atom is 0.246 e. The minimum atomic E-state index is -0.105. The normalized spacial score (nSPS) is 9.42. The van der Waals surface area contributed by atoms with Gasteiger partial charge in [0.1, 0.15) is 5.76 Å². The first-order valence-corrected chi connectivity index (χ1v) is 3.64. The number of amides is 1. The van der Waals surface area contributed by atoms with E-state index in [2.05, 4.69) is 6.58 Å². The van der Waals surface area contributed by atoms with E-state index in [1.807, 2.05) is 6.07 Å². The van der Waals surface area contributed by atoms with E-state index in [1.165, 1.54) is 11.0 Å². The summed E-state index contributed by atoms with van der Waals surface area (Å²) in [6.45, 7) is 3.87. The van der Waals surface area contributed by atoms with Crippen molar-refractivity contribution in [2.24, 2.45) is 0 Å². The van der Waals surface area contributed by atoms with Crippen molar-refractivity contribution < 1.29 is 9.21 Å². The Labute approximate surface area is 71.3 Å². The van der Waals surface area contributed by atoms with Gasteiger partial charge in [-0.1, -0.05) is 6.58 Å². The zero-order valence-electron chi connectivity index (χ0n) is 6.99. The second-order valence-electron chi connectivity index (χ2n) is 2.48. The molecule has 0 saturated heterocycles. The molecule has 0 N–H and O–H groups in total. The third-order valence-corrected chi connectivity index (χ3v) is 1.52. The lowest BCUT2D eigenvalue weighted by Gasteiger charge is -2.12. The minimum absolute atomic E-state index is 0.105. The van der Waals surface area contributed by atoms with Crippen molar-refractivity contribution in [3.63, 3.8) is 0 Å². The maximum atomic E-state index is 11.0.